The van der Waals surface area contributed by atoms with E-state index < -0.39 is 0 Å². The summed E-state index contributed by atoms with van der Waals surface area (Å²) >= 11 is 4.80. The second kappa shape index (κ2) is 7.93. The van der Waals surface area contributed by atoms with E-state index in [1.807, 2.05) is 41.7 Å². The Kier molecular flexibility index (Phi) is 5.11. The van der Waals surface area contributed by atoms with E-state index in [1.165, 1.54) is 22.2 Å². The predicted molar refractivity (Wildman–Crippen MR) is 124 cm³/mol. The molecule has 8 nitrogen and oxygen atoms in total. The number of aromatic nitrogens is 6. The Bertz CT molecular complexity index is 1570. The van der Waals surface area contributed by atoms with E-state index in [-0.39, 0.29) is 11.1 Å². The normalized spacial score (nSPS) is 11.7. The fourth-order valence-corrected chi connectivity index (χ4v) is 4.76. The molecule has 0 unspecified atom stereocenters. The quantitative estimate of drug-likeness (QED) is 0.346. The molecule has 10 heteroatoms. The van der Waals surface area contributed by atoms with Crippen LogP contribution in [-0.2, 0) is 12.3 Å². The number of benzene rings is 1. The lowest BCUT2D eigenvalue weighted by Gasteiger charge is -2.10. The Hall–Kier alpha value is -2.98. The van der Waals surface area contributed by atoms with Gasteiger partial charge in [-0.25, -0.2) is 4.98 Å². The Balaban J connectivity index is 1.59. The first-order valence-electron chi connectivity index (χ1n) is 9.74. The zero-order chi connectivity index (χ0) is 21.5. The highest BCUT2D eigenvalue weighted by Gasteiger charge is 2.16. The molecule has 0 atom stereocenters. The van der Waals surface area contributed by atoms with Crippen molar-refractivity contribution in [3.8, 4) is 0 Å². The van der Waals surface area contributed by atoms with Crippen molar-refractivity contribution >= 4 is 50.0 Å². The number of rotatable bonds is 5. The highest BCUT2D eigenvalue weighted by Crippen LogP contribution is 2.24. The maximum atomic E-state index is 12.9. The number of para-hydroxylation sites is 1. The lowest BCUT2D eigenvalue weighted by Crippen LogP contribution is -2.23. The number of halogens is 1. The number of pyridine rings is 1. The van der Waals surface area contributed by atoms with Gasteiger partial charge < -0.3 is 0 Å². The van der Waals surface area contributed by atoms with Crippen LogP contribution in [0.1, 0.15) is 19.0 Å². The number of nitrogens with zero attached hydrogens (tertiary/aromatic N) is 6. The SMILES string of the molecule is CCCn1c(=O)c2ccccc2n2c(SCc3cc(=O)n4cc(Br)ccc4n3)nnc12. The van der Waals surface area contributed by atoms with E-state index in [2.05, 4.69) is 31.1 Å². The summed E-state index contributed by atoms with van der Waals surface area (Å²) < 4.78 is 5.88. The van der Waals surface area contributed by atoms with Crippen molar-refractivity contribution < 1.29 is 0 Å². The van der Waals surface area contributed by atoms with Gasteiger partial charge in [0.05, 0.1) is 16.6 Å². The maximum Gasteiger partial charge on any atom is 0.262 e. The molecule has 31 heavy (non-hydrogen) atoms. The number of thioether (sulfide) groups is 1. The average molecular weight is 497 g/mol. The Morgan fingerprint density at radius 1 is 1.10 bits per heavy atom. The Labute approximate surface area is 188 Å². The van der Waals surface area contributed by atoms with Gasteiger partial charge in [-0.15, -0.1) is 10.2 Å². The summed E-state index contributed by atoms with van der Waals surface area (Å²) in [5.74, 6) is 0.966. The van der Waals surface area contributed by atoms with Gasteiger partial charge in [-0.3, -0.25) is 23.0 Å². The zero-order valence-electron chi connectivity index (χ0n) is 16.5. The molecule has 0 aliphatic carbocycles. The van der Waals surface area contributed by atoms with Crippen LogP contribution >= 0.6 is 27.7 Å². The van der Waals surface area contributed by atoms with Gasteiger partial charge >= 0.3 is 0 Å². The molecular formula is C21H17BrN6O2S. The van der Waals surface area contributed by atoms with Gasteiger partial charge in [0.15, 0.2) is 5.16 Å². The summed E-state index contributed by atoms with van der Waals surface area (Å²) in [6, 6.07) is 12.6. The van der Waals surface area contributed by atoms with E-state index in [4.69, 9.17) is 0 Å². The molecule has 0 aliphatic rings. The molecule has 0 amide bonds. The van der Waals surface area contributed by atoms with Crippen molar-refractivity contribution in [3.05, 3.63) is 79.5 Å². The number of aryl methyl sites for hydroxylation is 1. The summed E-state index contributed by atoms with van der Waals surface area (Å²) in [5.41, 5.74) is 1.79. The summed E-state index contributed by atoms with van der Waals surface area (Å²) in [7, 11) is 0. The number of fused-ring (bicyclic) bond motifs is 4. The number of hydrogen-bond donors (Lipinski definition) is 0. The van der Waals surface area contributed by atoms with Gasteiger partial charge in [-0.05, 0) is 46.6 Å². The smallest absolute Gasteiger partial charge is 0.262 e. The molecule has 0 radical (unpaired) electrons. The highest BCUT2D eigenvalue weighted by atomic mass is 79.9. The van der Waals surface area contributed by atoms with Crippen molar-refractivity contribution in [3.63, 3.8) is 0 Å². The topological polar surface area (TPSA) is 86.6 Å². The van der Waals surface area contributed by atoms with Crippen molar-refractivity contribution in [2.45, 2.75) is 30.8 Å². The standard InChI is InChI=1S/C21H17BrN6O2S/c1-2-9-26-19(30)15-5-3-4-6-16(15)28-20(26)24-25-21(28)31-12-14-10-18(29)27-11-13(22)7-8-17(27)23-14/h3-8,10-11H,2,9,12H2,1H3. The molecule has 0 N–H and O–H groups in total. The van der Waals surface area contributed by atoms with E-state index in [9.17, 15) is 9.59 Å². The first-order chi connectivity index (χ1) is 15.1. The molecule has 1 aromatic carbocycles. The average Bonchev–Trinajstić information content (AvgIpc) is 3.20. The molecule has 156 valence electrons. The van der Waals surface area contributed by atoms with Crippen LogP contribution in [0.4, 0.5) is 0 Å². The second-order valence-electron chi connectivity index (χ2n) is 7.04. The molecule has 0 fully saturated rings. The lowest BCUT2D eigenvalue weighted by molar-refractivity contribution is 0.662. The third-order valence-corrected chi connectivity index (χ3v) is 6.38. The van der Waals surface area contributed by atoms with Crippen LogP contribution in [-0.4, -0.2) is 28.5 Å². The monoisotopic (exact) mass is 496 g/mol. The van der Waals surface area contributed by atoms with Gasteiger partial charge in [0.2, 0.25) is 5.78 Å². The van der Waals surface area contributed by atoms with Crippen molar-refractivity contribution in [2.24, 2.45) is 0 Å². The fourth-order valence-electron chi connectivity index (χ4n) is 3.59. The van der Waals surface area contributed by atoms with Gasteiger partial charge in [-0.2, -0.15) is 0 Å². The lowest BCUT2D eigenvalue weighted by atomic mass is 10.2. The molecule has 0 saturated carbocycles. The minimum atomic E-state index is -0.143. The number of hydrogen-bond acceptors (Lipinski definition) is 6. The third kappa shape index (κ3) is 3.45. The molecule has 4 aromatic heterocycles. The van der Waals surface area contributed by atoms with Crippen molar-refractivity contribution in [1.29, 1.82) is 0 Å². The first kappa shape index (κ1) is 20.0. The predicted octanol–water partition coefficient (Wildman–Crippen LogP) is 3.52. The Morgan fingerprint density at radius 3 is 2.77 bits per heavy atom. The van der Waals surface area contributed by atoms with E-state index >= 15 is 0 Å². The molecule has 0 bridgehead atoms. The first-order valence-corrected chi connectivity index (χ1v) is 11.5. The van der Waals surface area contributed by atoms with Crippen molar-refractivity contribution in [2.75, 3.05) is 0 Å². The van der Waals surface area contributed by atoms with Crippen molar-refractivity contribution in [1.82, 2.24) is 28.5 Å². The molecule has 5 rings (SSSR count). The van der Waals surface area contributed by atoms with Crippen LogP contribution in [0, 0.1) is 0 Å². The second-order valence-corrected chi connectivity index (χ2v) is 8.90. The summed E-state index contributed by atoms with van der Waals surface area (Å²) in [4.78, 5) is 30.0. The van der Waals surface area contributed by atoms with E-state index in [0.717, 1.165) is 16.4 Å². The molecule has 0 spiro atoms. The maximum absolute atomic E-state index is 12.9. The molecule has 0 saturated heterocycles. The van der Waals surface area contributed by atoms with Crippen LogP contribution in [0.25, 0.3) is 22.3 Å². The fraction of sp³-hybridized carbons (Fsp3) is 0.190. The summed E-state index contributed by atoms with van der Waals surface area (Å²) in [6.45, 7) is 2.58. The van der Waals surface area contributed by atoms with Crippen LogP contribution in [0.15, 0.2) is 67.9 Å². The minimum Gasteiger partial charge on any atom is -0.276 e. The van der Waals surface area contributed by atoms with Crippen LogP contribution < -0.4 is 11.1 Å². The zero-order valence-corrected chi connectivity index (χ0v) is 18.9. The largest absolute Gasteiger partial charge is 0.276 e. The Morgan fingerprint density at radius 2 is 1.94 bits per heavy atom. The molecule has 0 aliphatic heterocycles. The van der Waals surface area contributed by atoms with E-state index in [0.29, 0.717) is 40.0 Å². The van der Waals surface area contributed by atoms with Crippen LogP contribution in [0.2, 0.25) is 0 Å². The molecule has 4 heterocycles. The summed E-state index contributed by atoms with van der Waals surface area (Å²) in [5, 5.41) is 9.91. The minimum absolute atomic E-state index is 0.0655. The third-order valence-electron chi connectivity index (χ3n) is 4.95. The molecule has 5 aromatic rings. The highest BCUT2D eigenvalue weighted by molar-refractivity contribution is 9.10. The van der Waals surface area contributed by atoms with Gasteiger partial charge in [0.25, 0.3) is 11.1 Å². The van der Waals surface area contributed by atoms with E-state index in [1.54, 1.807) is 16.8 Å². The summed E-state index contributed by atoms with van der Waals surface area (Å²) in [6.07, 6.45) is 2.51. The van der Waals surface area contributed by atoms with Crippen LogP contribution in [0.3, 0.4) is 0 Å². The van der Waals surface area contributed by atoms with Gasteiger partial charge in [0, 0.05) is 29.0 Å². The van der Waals surface area contributed by atoms with Crippen LogP contribution in [0.5, 0.6) is 0 Å². The molecular weight excluding hydrogens is 480 g/mol. The van der Waals surface area contributed by atoms with Gasteiger partial charge in [-0.1, -0.05) is 30.8 Å². The van der Waals surface area contributed by atoms with Gasteiger partial charge in [0.1, 0.15) is 5.65 Å².